The summed E-state index contributed by atoms with van der Waals surface area (Å²) in [5, 5.41) is 10.8. The van der Waals surface area contributed by atoms with Gasteiger partial charge in [-0.1, -0.05) is 36.2 Å². The first-order valence-electron chi connectivity index (χ1n) is 7.28. The third-order valence-electron chi connectivity index (χ3n) is 4.59. The number of aliphatic hydroxyl groups excluding tert-OH is 1. The Balaban J connectivity index is 2.27. The SMILES string of the molecule is COC1(C(O)c2cc(C)cc(C)c2)CCC(C)CC1. The molecule has 1 aliphatic carbocycles. The Morgan fingerprint density at radius 1 is 1.16 bits per heavy atom. The maximum Gasteiger partial charge on any atom is 0.108 e. The quantitative estimate of drug-likeness (QED) is 0.894. The van der Waals surface area contributed by atoms with Crippen molar-refractivity contribution in [1.82, 2.24) is 0 Å². The van der Waals surface area contributed by atoms with Gasteiger partial charge in [0.25, 0.3) is 0 Å². The van der Waals surface area contributed by atoms with E-state index in [-0.39, 0.29) is 0 Å². The van der Waals surface area contributed by atoms with E-state index in [9.17, 15) is 5.11 Å². The topological polar surface area (TPSA) is 29.5 Å². The molecule has 106 valence electrons. The summed E-state index contributed by atoms with van der Waals surface area (Å²) in [7, 11) is 1.74. The fourth-order valence-corrected chi connectivity index (χ4v) is 3.31. The van der Waals surface area contributed by atoms with Gasteiger partial charge in [0.2, 0.25) is 0 Å². The second kappa shape index (κ2) is 5.64. The van der Waals surface area contributed by atoms with Gasteiger partial charge in [-0.3, -0.25) is 0 Å². The molecular weight excluding hydrogens is 236 g/mol. The molecule has 0 aliphatic heterocycles. The number of benzene rings is 1. The zero-order chi connectivity index (χ0) is 14.0. The van der Waals surface area contributed by atoms with E-state index in [1.165, 1.54) is 11.1 Å². The molecule has 0 amide bonds. The van der Waals surface area contributed by atoms with Crippen molar-refractivity contribution in [2.75, 3.05) is 7.11 Å². The first kappa shape index (κ1) is 14.5. The monoisotopic (exact) mass is 262 g/mol. The Labute approximate surface area is 116 Å². The number of hydrogen-bond donors (Lipinski definition) is 1. The average Bonchev–Trinajstić information content (AvgIpc) is 2.38. The summed E-state index contributed by atoms with van der Waals surface area (Å²) in [5.74, 6) is 0.745. The molecule has 2 rings (SSSR count). The van der Waals surface area contributed by atoms with Crippen LogP contribution in [0.15, 0.2) is 18.2 Å². The molecule has 2 heteroatoms. The minimum absolute atomic E-state index is 0.396. The molecule has 1 aromatic rings. The molecule has 0 aromatic heterocycles. The highest BCUT2D eigenvalue weighted by Gasteiger charge is 2.41. The first-order valence-corrected chi connectivity index (χ1v) is 7.28. The molecule has 1 unspecified atom stereocenters. The molecule has 19 heavy (non-hydrogen) atoms. The molecule has 1 N–H and O–H groups in total. The Hall–Kier alpha value is -0.860. The van der Waals surface area contributed by atoms with Crippen LogP contribution in [0.1, 0.15) is 55.4 Å². The van der Waals surface area contributed by atoms with Crippen LogP contribution in [0.4, 0.5) is 0 Å². The standard InChI is InChI=1S/C17H26O2/c1-12-5-7-17(19-4,8-6-12)16(18)15-10-13(2)9-14(3)11-15/h9-12,16,18H,5-8H2,1-4H3. The van der Waals surface area contributed by atoms with Crippen LogP contribution < -0.4 is 0 Å². The van der Waals surface area contributed by atoms with Crippen LogP contribution in [0.3, 0.4) is 0 Å². The number of ether oxygens (including phenoxy) is 1. The van der Waals surface area contributed by atoms with E-state index < -0.39 is 11.7 Å². The van der Waals surface area contributed by atoms with Gasteiger partial charge in [-0.15, -0.1) is 0 Å². The maximum absolute atomic E-state index is 10.8. The van der Waals surface area contributed by atoms with E-state index in [2.05, 4.69) is 39.0 Å². The van der Waals surface area contributed by atoms with Crippen molar-refractivity contribution < 1.29 is 9.84 Å². The Bertz CT molecular complexity index is 411. The van der Waals surface area contributed by atoms with Gasteiger partial charge in [0.15, 0.2) is 0 Å². The second-order valence-electron chi connectivity index (χ2n) is 6.28. The number of methoxy groups -OCH3 is 1. The first-order chi connectivity index (χ1) is 8.97. The predicted molar refractivity (Wildman–Crippen MR) is 78.2 cm³/mol. The van der Waals surface area contributed by atoms with Crippen molar-refractivity contribution in [2.24, 2.45) is 5.92 Å². The summed E-state index contributed by atoms with van der Waals surface area (Å²) in [6.07, 6.45) is 3.63. The highest BCUT2D eigenvalue weighted by atomic mass is 16.5. The number of hydrogen-bond acceptors (Lipinski definition) is 2. The summed E-state index contributed by atoms with van der Waals surface area (Å²) in [4.78, 5) is 0. The van der Waals surface area contributed by atoms with Gasteiger partial charge in [-0.2, -0.15) is 0 Å². The molecule has 0 saturated heterocycles. The molecule has 0 radical (unpaired) electrons. The van der Waals surface area contributed by atoms with Crippen molar-refractivity contribution in [3.05, 3.63) is 34.9 Å². The highest BCUT2D eigenvalue weighted by Crippen LogP contribution is 2.43. The van der Waals surface area contributed by atoms with Crippen LogP contribution in [0.2, 0.25) is 0 Å². The molecule has 1 saturated carbocycles. The number of aryl methyl sites for hydroxylation is 2. The number of aliphatic hydroxyl groups is 1. The fourth-order valence-electron chi connectivity index (χ4n) is 3.31. The third-order valence-corrected chi connectivity index (χ3v) is 4.59. The molecule has 2 nitrogen and oxygen atoms in total. The van der Waals surface area contributed by atoms with Crippen LogP contribution in [0.5, 0.6) is 0 Å². The minimum Gasteiger partial charge on any atom is -0.385 e. The van der Waals surface area contributed by atoms with E-state index in [4.69, 9.17) is 4.74 Å². The van der Waals surface area contributed by atoms with Gasteiger partial charge in [0, 0.05) is 7.11 Å². The summed E-state index contributed by atoms with van der Waals surface area (Å²) < 4.78 is 5.77. The van der Waals surface area contributed by atoms with E-state index >= 15 is 0 Å². The highest BCUT2D eigenvalue weighted by molar-refractivity contribution is 5.31. The van der Waals surface area contributed by atoms with E-state index in [0.29, 0.717) is 0 Å². The van der Waals surface area contributed by atoms with E-state index in [1.807, 2.05) is 0 Å². The van der Waals surface area contributed by atoms with Crippen LogP contribution >= 0.6 is 0 Å². The lowest BCUT2D eigenvalue weighted by Gasteiger charge is -2.42. The second-order valence-corrected chi connectivity index (χ2v) is 6.28. The van der Waals surface area contributed by atoms with Crippen molar-refractivity contribution in [2.45, 2.75) is 58.2 Å². The van der Waals surface area contributed by atoms with Gasteiger partial charge in [0.05, 0.1) is 5.60 Å². The molecular formula is C17H26O2. The van der Waals surface area contributed by atoms with Gasteiger partial charge in [-0.05, 0) is 51.0 Å². The largest absolute Gasteiger partial charge is 0.385 e. The lowest BCUT2D eigenvalue weighted by atomic mass is 9.74. The van der Waals surface area contributed by atoms with Crippen LogP contribution in [0.25, 0.3) is 0 Å². The fraction of sp³-hybridized carbons (Fsp3) is 0.647. The zero-order valence-electron chi connectivity index (χ0n) is 12.6. The zero-order valence-corrected chi connectivity index (χ0v) is 12.6. The molecule has 0 bridgehead atoms. The van der Waals surface area contributed by atoms with Gasteiger partial charge >= 0.3 is 0 Å². The Morgan fingerprint density at radius 3 is 2.16 bits per heavy atom. The summed E-state index contributed by atoms with van der Waals surface area (Å²) in [6, 6.07) is 6.30. The van der Waals surface area contributed by atoms with Crippen molar-refractivity contribution in [3.63, 3.8) is 0 Å². The Morgan fingerprint density at radius 2 is 1.68 bits per heavy atom. The molecule has 1 aromatic carbocycles. The van der Waals surface area contributed by atoms with Crippen LogP contribution in [-0.4, -0.2) is 17.8 Å². The van der Waals surface area contributed by atoms with Gasteiger partial charge < -0.3 is 9.84 Å². The van der Waals surface area contributed by atoms with Crippen molar-refractivity contribution >= 4 is 0 Å². The smallest absolute Gasteiger partial charge is 0.108 e. The van der Waals surface area contributed by atoms with Crippen molar-refractivity contribution in [1.29, 1.82) is 0 Å². The normalized spacial score (nSPS) is 29.2. The van der Waals surface area contributed by atoms with E-state index in [0.717, 1.165) is 37.2 Å². The molecule has 0 heterocycles. The number of rotatable bonds is 3. The van der Waals surface area contributed by atoms with E-state index in [1.54, 1.807) is 7.11 Å². The Kier molecular flexibility index (Phi) is 4.32. The maximum atomic E-state index is 10.8. The molecule has 1 fully saturated rings. The average molecular weight is 262 g/mol. The lowest BCUT2D eigenvalue weighted by Crippen LogP contribution is -2.42. The van der Waals surface area contributed by atoms with Crippen molar-refractivity contribution in [3.8, 4) is 0 Å². The summed E-state index contributed by atoms with van der Waals surface area (Å²) in [5.41, 5.74) is 3.00. The molecule has 1 aliphatic rings. The summed E-state index contributed by atoms with van der Waals surface area (Å²) in [6.45, 7) is 6.43. The third kappa shape index (κ3) is 3.01. The summed E-state index contributed by atoms with van der Waals surface area (Å²) >= 11 is 0. The lowest BCUT2D eigenvalue weighted by molar-refractivity contribution is -0.130. The van der Waals surface area contributed by atoms with Gasteiger partial charge in [-0.25, -0.2) is 0 Å². The van der Waals surface area contributed by atoms with Crippen LogP contribution in [0, 0.1) is 19.8 Å². The van der Waals surface area contributed by atoms with Gasteiger partial charge in [0.1, 0.15) is 6.10 Å². The molecule has 1 atom stereocenters. The van der Waals surface area contributed by atoms with Crippen LogP contribution in [-0.2, 0) is 4.74 Å². The minimum atomic E-state index is -0.524. The molecule has 0 spiro atoms. The predicted octanol–water partition coefficient (Wildman–Crippen LogP) is 3.93.